The van der Waals surface area contributed by atoms with Crippen LogP contribution >= 0.6 is 11.3 Å². The molecule has 0 radical (unpaired) electrons. The largest absolute Gasteiger partial charge is 0.392 e. The fourth-order valence-electron chi connectivity index (χ4n) is 1.63. The zero-order valence-corrected chi connectivity index (χ0v) is 9.85. The van der Waals surface area contributed by atoms with Gasteiger partial charge in [-0.15, -0.1) is 11.3 Å². The molecule has 0 atom stereocenters. The highest BCUT2D eigenvalue weighted by Gasteiger charge is 2.28. The van der Waals surface area contributed by atoms with Gasteiger partial charge in [0.1, 0.15) is 4.21 Å². The molecule has 0 spiro atoms. The van der Waals surface area contributed by atoms with Gasteiger partial charge in [0.2, 0.25) is 0 Å². The molecule has 1 aliphatic rings. The Labute approximate surface area is 93.2 Å². The third kappa shape index (κ3) is 2.08. The zero-order chi connectivity index (χ0) is 10.9. The van der Waals surface area contributed by atoms with Gasteiger partial charge in [-0.1, -0.05) is 0 Å². The molecular formula is C9H13NO3S2. The van der Waals surface area contributed by atoms with Crippen molar-refractivity contribution in [1.29, 1.82) is 0 Å². The van der Waals surface area contributed by atoms with Crippen LogP contribution in [0, 0.1) is 0 Å². The third-order valence-corrected chi connectivity index (χ3v) is 5.83. The fraction of sp³-hybridized carbons (Fsp3) is 0.556. The molecule has 0 aliphatic carbocycles. The lowest BCUT2D eigenvalue weighted by Gasteiger charge is -2.13. The van der Waals surface area contributed by atoms with Gasteiger partial charge in [0.05, 0.1) is 6.61 Å². The van der Waals surface area contributed by atoms with Crippen LogP contribution in [0.1, 0.15) is 18.4 Å². The first-order valence-electron chi connectivity index (χ1n) is 4.83. The van der Waals surface area contributed by atoms with Crippen molar-refractivity contribution < 1.29 is 13.5 Å². The fourth-order valence-corrected chi connectivity index (χ4v) is 4.50. The second kappa shape index (κ2) is 4.21. The zero-order valence-electron chi connectivity index (χ0n) is 8.22. The SMILES string of the molecule is O=S(=O)(c1cc(CO)cs1)N1CCCC1. The molecule has 1 aromatic heterocycles. The third-order valence-electron chi connectivity index (χ3n) is 2.47. The molecule has 0 amide bonds. The summed E-state index contributed by atoms with van der Waals surface area (Å²) in [6.45, 7) is 1.13. The molecule has 0 unspecified atom stereocenters. The van der Waals surface area contributed by atoms with Crippen LogP contribution in [0.4, 0.5) is 0 Å². The minimum Gasteiger partial charge on any atom is -0.392 e. The number of nitrogens with zero attached hydrogens (tertiary/aromatic N) is 1. The van der Waals surface area contributed by atoms with E-state index in [0.29, 0.717) is 22.9 Å². The number of thiophene rings is 1. The quantitative estimate of drug-likeness (QED) is 0.867. The van der Waals surface area contributed by atoms with Crippen LogP contribution in [0.15, 0.2) is 15.7 Å². The summed E-state index contributed by atoms with van der Waals surface area (Å²) in [5.74, 6) is 0. The molecular weight excluding hydrogens is 234 g/mol. The number of hydrogen-bond donors (Lipinski definition) is 1. The van der Waals surface area contributed by atoms with Crippen LogP contribution in [0.2, 0.25) is 0 Å². The Morgan fingerprint density at radius 3 is 2.60 bits per heavy atom. The van der Waals surface area contributed by atoms with Crippen molar-refractivity contribution in [2.45, 2.75) is 23.7 Å². The Morgan fingerprint density at radius 1 is 1.40 bits per heavy atom. The lowest BCUT2D eigenvalue weighted by atomic mass is 10.4. The Morgan fingerprint density at radius 2 is 2.07 bits per heavy atom. The Bertz CT molecular complexity index is 432. The molecule has 2 heterocycles. The average Bonchev–Trinajstić information content (AvgIpc) is 2.89. The van der Waals surface area contributed by atoms with Crippen molar-refractivity contribution >= 4 is 21.4 Å². The van der Waals surface area contributed by atoms with Crippen LogP contribution in [0.25, 0.3) is 0 Å². The minimum absolute atomic E-state index is 0.105. The summed E-state index contributed by atoms with van der Waals surface area (Å²) in [5.41, 5.74) is 0.665. The van der Waals surface area contributed by atoms with Crippen molar-refractivity contribution in [1.82, 2.24) is 4.31 Å². The monoisotopic (exact) mass is 247 g/mol. The highest BCUT2D eigenvalue weighted by Crippen LogP contribution is 2.26. The van der Waals surface area contributed by atoms with E-state index in [1.165, 1.54) is 15.6 Å². The Hall–Kier alpha value is -0.430. The van der Waals surface area contributed by atoms with Crippen LogP contribution in [-0.2, 0) is 16.6 Å². The average molecular weight is 247 g/mol. The standard InChI is InChI=1S/C9H13NO3S2/c11-6-8-5-9(14-7-8)15(12,13)10-3-1-2-4-10/h5,7,11H,1-4,6H2. The van der Waals surface area contributed by atoms with Gasteiger partial charge >= 0.3 is 0 Å². The van der Waals surface area contributed by atoms with Crippen molar-refractivity contribution in [3.8, 4) is 0 Å². The van der Waals surface area contributed by atoms with E-state index in [1.54, 1.807) is 11.4 Å². The summed E-state index contributed by atoms with van der Waals surface area (Å²) < 4.78 is 25.9. The smallest absolute Gasteiger partial charge is 0.252 e. The van der Waals surface area contributed by atoms with Crippen LogP contribution < -0.4 is 0 Å². The van der Waals surface area contributed by atoms with Crippen LogP contribution in [0.3, 0.4) is 0 Å². The molecule has 0 aromatic carbocycles. The maximum Gasteiger partial charge on any atom is 0.252 e. The maximum atomic E-state index is 12.0. The Kier molecular flexibility index (Phi) is 3.11. The second-order valence-corrected chi connectivity index (χ2v) is 6.62. The van der Waals surface area contributed by atoms with Crippen molar-refractivity contribution in [3.05, 3.63) is 17.0 Å². The van der Waals surface area contributed by atoms with E-state index in [4.69, 9.17) is 5.11 Å². The van der Waals surface area contributed by atoms with E-state index in [0.717, 1.165) is 12.8 Å². The first-order valence-corrected chi connectivity index (χ1v) is 7.15. The summed E-state index contributed by atoms with van der Waals surface area (Å²) in [7, 11) is -3.29. The normalized spacial score (nSPS) is 18.5. The van der Waals surface area contributed by atoms with E-state index in [2.05, 4.69) is 0 Å². The number of hydrogen-bond acceptors (Lipinski definition) is 4. The van der Waals surface area contributed by atoms with Gasteiger partial charge in [-0.3, -0.25) is 0 Å². The number of sulfonamides is 1. The van der Waals surface area contributed by atoms with E-state index >= 15 is 0 Å². The molecule has 84 valence electrons. The molecule has 6 heteroatoms. The first kappa shape index (κ1) is 11.1. The summed E-state index contributed by atoms with van der Waals surface area (Å²) in [6.07, 6.45) is 1.88. The molecule has 4 nitrogen and oxygen atoms in total. The molecule has 0 saturated carbocycles. The molecule has 1 aromatic rings. The molecule has 1 aliphatic heterocycles. The van der Waals surface area contributed by atoms with Crippen LogP contribution in [0.5, 0.6) is 0 Å². The molecule has 15 heavy (non-hydrogen) atoms. The molecule has 1 fully saturated rings. The summed E-state index contributed by atoms with van der Waals surface area (Å²) in [5, 5.41) is 10.6. The molecule has 0 bridgehead atoms. The number of aliphatic hydroxyl groups excluding tert-OH is 1. The van der Waals surface area contributed by atoms with E-state index in [9.17, 15) is 8.42 Å². The number of aliphatic hydroxyl groups is 1. The van der Waals surface area contributed by atoms with Crippen molar-refractivity contribution in [2.24, 2.45) is 0 Å². The van der Waals surface area contributed by atoms with Crippen molar-refractivity contribution in [2.75, 3.05) is 13.1 Å². The highest BCUT2D eigenvalue weighted by atomic mass is 32.2. The van der Waals surface area contributed by atoms with E-state index in [1.807, 2.05) is 0 Å². The van der Waals surface area contributed by atoms with Crippen LogP contribution in [-0.4, -0.2) is 30.9 Å². The van der Waals surface area contributed by atoms with Gasteiger partial charge in [-0.05, 0) is 29.9 Å². The summed E-state index contributed by atoms with van der Waals surface area (Å²) in [4.78, 5) is 0. The summed E-state index contributed by atoms with van der Waals surface area (Å²) >= 11 is 1.18. The van der Waals surface area contributed by atoms with Gasteiger partial charge in [0.15, 0.2) is 0 Å². The van der Waals surface area contributed by atoms with E-state index < -0.39 is 10.0 Å². The topological polar surface area (TPSA) is 57.6 Å². The maximum absolute atomic E-state index is 12.0. The lowest BCUT2D eigenvalue weighted by Crippen LogP contribution is -2.27. The molecule has 1 saturated heterocycles. The summed E-state index contributed by atoms with van der Waals surface area (Å²) in [6, 6.07) is 1.55. The van der Waals surface area contributed by atoms with Gasteiger partial charge in [0, 0.05) is 13.1 Å². The van der Waals surface area contributed by atoms with Gasteiger partial charge < -0.3 is 5.11 Å². The molecule has 2 rings (SSSR count). The molecule has 1 N–H and O–H groups in total. The second-order valence-electron chi connectivity index (χ2n) is 3.54. The highest BCUT2D eigenvalue weighted by molar-refractivity contribution is 7.91. The predicted molar refractivity (Wildman–Crippen MR) is 58.2 cm³/mol. The Balaban J connectivity index is 2.28. The van der Waals surface area contributed by atoms with Gasteiger partial charge in [-0.25, -0.2) is 8.42 Å². The first-order chi connectivity index (χ1) is 7.14. The lowest BCUT2D eigenvalue weighted by molar-refractivity contribution is 0.282. The minimum atomic E-state index is -3.29. The van der Waals surface area contributed by atoms with E-state index in [-0.39, 0.29) is 6.61 Å². The predicted octanol–water partition coefficient (Wildman–Crippen LogP) is 1.02. The van der Waals surface area contributed by atoms with Crippen molar-refractivity contribution in [3.63, 3.8) is 0 Å². The van der Waals surface area contributed by atoms with Gasteiger partial charge in [-0.2, -0.15) is 4.31 Å². The number of rotatable bonds is 3. The van der Waals surface area contributed by atoms with Gasteiger partial charge in [0.25, 0.3) is 10.0 Å².